The second-order valence-electron chi connectivity index (χ2n) is 18.4. The zero-order chi connectivity index (χ0) is 46.2. The summed E-state index contributed by atoms with van der Waals surface area (Å²) in [5, 5.41) is 12.8. The van der Waals surface area contributed by atoms with Gasteiger partial charge in [0.2, 0.25) is 0 Å². The molecular formula is C66H45N3Si. The fourth-order valence-electron chi connectivity index (χ4n) is 11.9. The molecule has 11 aromatic carbocycles. The van der Waals surface area contributed by atoms with Crippen molar-refractivity contribution in [2.24, 2.45) is 0 Å². The predicted molar refractivity (Wildman–Crippen MR) is 299 cm³/mol. The van der Waals surface area contributed by atoms with E-state index in [1.54, 1.807) is 0 Å². The van der Waals surface area contributed by atoms with E-state index in [1.165, 1.54) is 86.3 Å². The first-order chi connectivity index (χ1) is 34.8. The molecular weight excluding hydrogens is 863 g/mol. The Morgan fingerprint density at radius 1 is 0.257 bits per heavy atom. The molecule has 70 heavy (non-hydrogen) atoms. The minimum Gasteiger partial charge on any atom is -0.309 e. The molecule has 0 N–H and O–H groups in total. The molecule has 0 aliphatic rings. The Labute approximate surface area is 407 Å². The maximum Gasteiger partial charge on any atom is 0.181 e. The highest BCUT2D eigenvalue weighted by Gasteiger charge is 2.43. The van der Waals surface area contributed by atoms with Gasteiger partial charge in [0.05, 0.1) is 44.5 Å². The van der Waals surface area contributed by atoms with E-state index in [2.05, 4.69) is 287 Å². The fraction of sp³-hybridized carbons (Fsp3) is 0. The van der Waals surface area contributed by atoms with Crippen molar-refractivity contribution < 1.29 is 0 Å². The molecule has 0 aliphatic heterocycles. The Morgan fingerprint density at radius 2 is 0.671 bits per heavy atom. The number of aromatic nitrogens is 3. The van der Waals surface area contributed by atoms with Crippen molar-refractivity contribution in [3.05, 3.63) is 273 Å². The molecule has 0 spiro atoms. The Balaban J connectivity index is 1.16. The third-order valence-electron chi connectivity index (χ3n) is 14.8. The lowest BCUT2D eigenvalue weighted by Crippen LogP contribution is -2.75. The minimum absolute atomic E-state index is 1.12. The van der Waals surface area contributed by atoms with Gasteiger partial charge in [-0.15, -0.1) is 0 Å². The summed E-state index contributed by atoms with van der Waals surface area (Å²) in [7, 11) is -3.04. The molecule has 14 rings (SSSR count). The van der Waals surface area contributed by atoms with Crippen LogP contribution in [-0.2, 0) is 0 Å². The van der Waals surface area contributed by atoms with Gasteiger partial charge in [0, 0.05) is 43.6 Å². The van der Waals surface area contributed by atoms with E-state index in [0.717, 1.165) is 28.1 Å². The standard InChI is InChI=1S/C66H45N3Si/c1-5-23-46(24-6-1)51-31-13-17-37-58(51)69-63-45-47(67-59-38-18-14-32-52(59)53-33-15-19-39-60(53)67)43-44-55(63)56-35-21-41-62(65(56)69)68-61-40-20-16-34-54(61)57-36-22-42-64(66(57)68)70(48-25-7-2-8-26-48,49-27-9-3-10-28-49)50-29-11-4-12-30-50/h1-45H. The number of hydrogen-bond acceptors (Lipinski definition) is 0. The molecule has 0 amide bonds. The zero-order valence-corrected chi connectivity index (χ0v) is 39.3. The maximum atomic E-state index is 2.62. The molecule has 0 saturated carbocycles. The fourth-order valence-corrected chi connectivity index (χ4v) is 16.9. The largest absolute Gasteiger partial charge is 0.309 e. The first-order valence-corrected chi connectivity index (χ1v) is 26.2. The molecule has 3 nitrogen and oxygen atoms in total. The molecule has 3 heterocycles. The Kier molecular flexibility index (Phi) is 9.23. The van der Waals surface area contributed by atoms with Gasteiger partial charge >= 0.3 is 0 Å². The van der Waals surface area contributed by atoms with Crippen molar-refractivity contribution in [3.63, 3.8) is 0 Å². The van der Waals surface area contributed by atoms with E-state index >= 15 is 0 Å². The van der Waals surface area contributed by atoms with E-state index in [9.17, 15) is 0 Å². The van der Waals surface area contributed by atoms with Crippen LogP contribution in [0.3, 0.4) is 0 Å². The molecule has 0 fully saturated rings. The molecule has 0 atom stereocenters. The van der Waals surface area contributed by atoms with Crippen molar-refractivity contribution >= 4 is 94.2 Å². The van der Waals surface area contributed by atoms with Crippen LogP contribution in [0.1, 0.15) is 0 Å². The van der Waals surface area contributed by atoms with Gasteiger partial charge in [-0.2, -0.15) is 0 Å². The van der Waals surface area contributed by atoms with Crippen LogP contribution in [0.2, 0.25) is 0 Å². The summed E-state index contributed by atoms with van der Waals surface area (Å²) < 4.78 is 7.63. The van der Waals surface area contributed by atoms with E-state index in [-0.39, 0.29) is 0 Å². The molecule has 3 aromatic heterocycles. The van der Waals surface area contributed by atoms with Gasteiger partial charge in [0.1, 0.15) is 0 Å². The Bertz CT molecular complexity index is 4130. The van der Waals surface area contributed by atoms with E-state index in [4.69, 9.17) is 0 Å². The predicted octanol–water partition coefficient (Wildman–Crippen LogP) is 14.0. The number of nitrogens with zero attached hydrogens (tertiary/aromatic N) is 3. The maximum absolute atomic E-state index is 3.04. The number of hydrogen-bond donors (Lipinski definition) is 0. The SMILES string of the molecule is c1ccc(-c2ccccc2-n2c3cc(-n4c5ccccc5c5ccccc54)ccc3c3cccc(-n4c5ccccc5c5cccc([Si](c6ccccc6)(c6ccccc6)c6ccccc6)c54)c32)cc1. The Morgan fingerprint density at radius 3 is 1.27 bits per heavy atom. The Hall–Kier alpha value is -8.96. The first-order valence-electron chi connectivity index (χ1n) is 24.2. The third kappa shape index (κ3) is 5.87. The van der Waals surface area contributed by atoms with Crippen molar-refractivity contribution in [3.8, 4) is 28.2 Å². The average Bonchev–Trinajstić information content (AvgIpc) is 4.08. The first kappa shape index (κ1) is 40.1. The molecule has 4 heteroatoms. The monoisotopic (exact) mass is 907 g/mol. The van der Waals surface area contributed by atoms with Gasteiger partial charge in [-0.25, -0.2) is 0 Å². The number of fused-ring (bicyclic) bond motifs is 9. The normalized spacial score (nSPS) is 12.0. The van der Waals surface area contributed by atoms with Crippen LogP contribution in [-0.4, -0.2) is 21.8 Å². The summed E-state index contributed by atoms with van der Waals surface area (Å²) in [6.07, 6.45) is 0. The summed E-state index contributed by atoms with van der Waals surface area (Å²) in [5.74, 6) is 0. The molecule has 328 valence electrons. The summed E-state index contributed by atoms with van der Waals surface area (Å²) in [6.45, 7) is 0. The molecule has 14 aromatic rings. The topological polar surface area (TPSA) is 14.8 Å². The molecule has 0 radical (unpaired) electrons. The van der Waals surface area contributed by atoms with Gasteiger partial charge in [0.25, 0.3) is 0 Å². The van der Waals surface area contributed by atoms with Crippen molar-refractivity contribution in [2.45, 2.75) is 0 Å². The summed E-state index contributed by atoms with van der Waals surface area (Å²) in [6, 6.07) is 102. The number of benzene rings is 11. The van der Waals surface area contributed by atoms with Gasteiger partial charge in [-0.05, 0) is 68.8 Å². The van der Waals surface area contributed by atoms with E-state index in [0.29, 0.717) is 0 Å². The molecule has 0 saturated heterocycles. The third-order valence-corrected chi connectivity index (χ3v) is 19.6. The van der Waals surface area contributed by atoms with Crippen molar-refractivity contribution in [1.82, 2.24) is 13.7 Å². The number of rotatable bonds is 8. The van der Waals surface area contributed by atoms with Gasteiger partial charge in [0.15, 0.2) is 8.07 Å². The van der Waals surface area contributed by atoms with E-state index in [1.807, 2.05) is 0 Å². The average molecular weight is 908 g/mol. The molecule has 0 bridgehead atoms. The van der Waals surface area contributed by atoms with Gasteiger partial charge < -0.3 is 13.7 Å². The second-order valence-corrected chi connectivity index (χ2v) is 22.1. The lowest BCUT2D eigenvalue weighted by atomic mass is 10.0. The van der Waals surface area contributed by atoms with Crippen molar-refractivity contribution in [2.75, 3.05) is 0 Å². The number of para-hydroxylation sites is 6. The van der Waals surface area contributed by atoms with E-state index < -0.39 is 8.07 Å². The summed E-state index contributed by atoms with van der Waals surface area (Å²) in [4.78, 5) is 0. The lowest BCUT2D eigenvalue weighted by molar-refractivity contribution is 1.13. The van der Waals surface area contributed by atoms with Gasteiger partial charge in [-0.3, -0.25) is 0 Å². The molecule has 0 aliphatic carbocycles. The van der Waals surface area contributed by atoms with Crippen molar-refractivity contribution in [1.29, 1.82) is 0 Å². The second kappa shape index (κ2) is 16.1. The highest BCUT2D eigenvalue weighted by molar-refractivity contribution is 7.20. The lowest BCUT2D eigenvalue weighted by Gasteiger charge is -2.35. The molecule has 0 unspecified atom stereocenters. The highest BCUT2D eigenvalue weighted by atomic mass is 28.3. The summed E-state index contributed by atoms with van der Waals surface area (Å²) >= 11 is 0. The smallest absolute Gasteiger partial charge is 0.181 e. The van der Waals surface area contributed by atoms with Crippen LogP contribution in [0.25, 0.3) is 93.6 Å². The minimum atomic E-state index is -3.04. The summed E-state index contributed by atoms with van der Waals surface area (Å²) in [5.41, 5.74) is 12.8. The quantitative estimate of drug-likeness (QED) is 0.107. The zero-order valence-electron chi connectivity index (χ0n) is 38.3. The van der Waals surface area contributed by atoms with Crippen LogP contribution < -0.4 is 20.7 Å². The van der Waals surface area contributed by atoms with Crippen LogP contribution in [0.15, 0.2) is 273 Å². The highest BCUT2D eigenvalue weighted by Crippen LogP contribution is 2.43. The van der Waals surface area contributed by atoms with Gasteiger partial charge in [-0.1, -0.05) is 231 Å². The van der Waals surface area contributed by atoms with Crippen LogP contribution in [0, 0.1) is 0 Å². The van der Waals surface area contributed by atoms with Crippen LogP contribution >= 0.6 is 0 Å². The van der Waals surface area contributed by atoms with Crippen LogP contribution in [0.5, 0.6) is 0 Å². The van der Waals surface area contributed by atoms with Crippen LogP contribution in [0.4, 0.5) is 0 Å².